The highest BCUT2D eigenvalue weighted by molar-refractivity contribution is 6.08. The third-order valence-corrected chi connectivity index (χ3v) is 8.85. The SMILES string of the molecule is CCCCCCCCCCCCCCCC(=O)C(C)([CH]CCO)C(=O)CCCCCCCCCCCCCCC. The van der Waals surface area contributed by atoms with Crippen LogP contribution < -0.4 is 0 Å². The van der Waals surface area contributed by atoms with Crippen LogP contribution in [0.5, 0.6) is 0 Å². The van der Waals surface area contributed by atoms with Crippen molar-refractivity contribution in [1.82, 2.24) is 0 Å². The van der Waals surface area contributed by atoms with E-state index in [-0.39, 0.29) is 18.2 Å². The second-order valence-corrected chi connectivity index (χ2v) is 12.8. The summed E-state index contributed by atoms with van der Waals surface area (Å²) in [7, 11) is 0. The van der Waals surface area contributed by atoms with Gasteiger partial charge in [0.1, 0.15) is 11.6 Å². The van der Waals surface area contributed by atoms with Crippen LogP contribution in [0.25, 0.3) is 0 Å². The van der Waals surface area contributed by atoms with Crippen LogP contribution in [0, 0.1) is 11.8 Å². The lowest BCUT2D eigenvalue weighted by atomic mass is 9.74. The molecule has 0 amide bonds. The number of aliphatic hydroxyl groups is 1. The van der Waals surface area contributed by atoms with E-state index in [1.54, 1.807) is 13.3 Å². The monoisotopic (exact) mass is 564 g/mol. The minimum atomic E-state index is -1.02. The van der Waals surface area contributed by atoms with E-state index in [9.17, 15) is 14.7 Å². The van der Waals surface area contributed by atoms with Crippen molar-refractivity contribution < 1.29 is 14.7 Å². The minimum Gasteiger partial charge on any atom is -0.396 e. The van der Waals surface area contributed by atoms with Gasteiger partial charge in [-0.2, -0.15) is 0 Å². The summed E-state index contributed by atoms with van der Waals surface area (Å²) in [5, 5.41) is 9.34. The normalized spacial score (nSPS) is 11.8. The summed E-state index contributed by atoms with van der Waals surface area (Å²) in [6.07, 6.45) is 36.6. The Morgan fingerprint density at radius 3 is 0.975 bits per heavy atom. The molecule has 0 aliphatic rings. The van der Waals surface area contributed by atoms with Crippen molar-refractivity contribution in [2.75, 3.05) is 6.61 Å². The fourth-order valence-corrected chi connectivity index (χ4v) is 5.86. The predicted octanol–water partition coefficient (Wildman–Crippen LogP) is 11.7. The molecule has 3 nitrogen and oxygen atoms in total. The van der Waals surface area contributed by atoms with Crippen LogP contribution in [-0.2, 0) is 9.59 Å². The smallest absolute Gasteiger partial charge is 0.146 e. The Labute approximate surface area is 251 Å². The van der Waals surface area contributed by atoms with Crippen molar-refractivity contribution in [3.8, 4) is 0 Å². The van der Waals surface area contributed by atoms with Gasteiger partial charge in [0.25, 0.3) is 0 Å². The average Bonchev–Trinajstić information content (AvgIpc) is 2.96. The zero-order valence-corrected chi connectivity index (χ0v) is 27.6. The molecule has 0 spiro atoms. The fourth-order valence-electron chi connectivity index (χ4n) is 5.86. The van der Waals surface area contributed by atoms with Gasteiger partial charge in [-0.25, -0.2) is 0 Å². The summed E-state index contributed by atoms with van der Waals surface area (Å²) in [5.41, 5.74) is -1.02. The van der Waals surface area contributed by atoms with Gasteiger partial charge in [-0.3, -0.25) is 9.59 Å². The first-order valence-corrected chi connectivity index (χ1v) is 18.0. The number of hydrogen-bond donors (Lipinski definition) is 1. The molecule has 0 rings (SSSR count). The Bertz CT molecular complexity index is 514. The van der Waals surface area contributed by atoms with E-state index in [2.05, 4.69) is 13.8 Å². The molecule has 0 aliphatic heterocycles. The van der Waals surface area contributed by atoms with E-state index in [0.29, 0.717) is 19.3 Å². The molecule has 0 aromatic rings. The largest absolute Gasteiger partial charge is 0.396 e. The molecule has 0 bridgehead atoms. The highest BCUT2D eigenvalue weighted by Gasteiger charge is 2.38. The van der Waals surface area contributed by atoms with E-state index in [1.807, 2.05) is 0 Å². The van der Waals surface area contributed by atoms with Gasteiger partial charge in [-0.05, 0) is 32.6 Å². The predicted molar refractivity (Wildman–Crippen MR) is 175 cm³/mol. The molecular weight excluding hydrogens is 492 g/mol. The third-order valence-electron chi connectivity index (χ3n) is 8.85. The molecule has 0 fully saturated rings. The zero-order valence-electron chi connectivity index (χ0n) is 27.6. The van der Waals surface area contributed by atoms with Crippen molar-refractivity contribution in [1.29, 1.82) is 0 Å². The summed E-state index contributed by atoms with van der Waals surface area (Å²) in [4.78, 5) is 26.2. The van der Waals surface area contributed by atoms with Crippen LogP contribution in [0.15, 0.2) is 0 Å². The standard InChI is InChI=1S/C37H71O3/c1-4-6-8-10-12-14-16-18-20-22-24-26-28-31-35(39)37(3,33-30-34-38)36(40)32-29-27-25-23-21-19-17-15-13-11-9-7-5-2/h33,38H,4-32,34H2,1-3H3. The maximum atomic E-state index is 13.1. The summed E-state index contributed by atoms with van der Waals surface area (Å²) in [5.74, 6) is 0.118. The van der Waals surface area contributed by atoms with Crippen molar-refractivity contribution in [3.05, 3.63) is 6.42 Å². The van der Waals surface area contributed by atoms with Crippen LogP contribution >= 0.6 is 0 Å². The second-order valence-electron chi connectivity index (χ2n) is 12.8. The first-order valence-electron chi connectivity index (χ1n) is 18.0. The summed E-state index contributed by atoms with van der Waals surface area (Å²) in [6, 6.07) is 0. The molecule has 3 heteroatoms. The van der Waals surface area contributed by atoms with Crippen molar-refractivity contribution >= 4 is 11.6 Å². The quantitative estimate of drug-likeness (QED) is 0.0638. The van der Waals surface area contributed by atoms with Gasteiger partial charge in [0.15, 0.2) is 0 Å². The lowest BCUT2D eigenvalue weighted by Gasteiger charge is -2.26. The Balaban J connectivity index is 3.95. The zero-order chi connectivity index (χ0) is 29.6. The Hall–Kier alpha value is -0.700. The maximum absolute atomic E-state index is 13.1. The minimum absolute atomic E-state index is 0.00632. The van der Waals surface area contributed by atoms with Crippen LogP contribution in [0.4, 0.5) is 0 Å². The number of unbranched alkanes of at least 4 members (excludes halogenated alkanes) is 24. The first-order chi connectivity index (χ1) is 19.5. The van der Waals surface area contributed by atoms with Gasteiger partial charge in [0.05, 0.1) is 5.41 Å². The molecule has 0 saturated carbocycles. The van der Waals surface area contributed by atoms with E-state index >= 15 is 0 Å². The first kappa shape index (κ1) is 39.3. The average molecular weight is 564 g/mol. The van der Waals surface area contributed by atoms with E-state index < -0.39 is 5.41 Å². The lowest BCUT2D eigenvalue weighted by molar-refractivity contribution is -0.138. The highest BCUT2D eigenvalue weighted by Crippen LogP contribution is 2.30. The molecule has 237 valence electrons. The topological polar surface area (TPSA) is 54.4 Å². The molecule has 0 aromatic carbocycles. The van der Waals surface area contributed by atoms with Crippen LogP contribution in [0.1, 0.15) is 207 Å². The molecular formula is C37H71O3. The molecule has 0 saturated heterocycles. The molecule has 0 atom stereocenters. The Morgan fingerprint density at radius 1 is 0.475 bits per heavy atom. The van der Waals surface area contributed by atoms with E-state index in [4.69, 9.17) is 0 Å². The Morgan fingerprint density at radius 2 is 0.725 bits per heavy atom. The summed E-state index contributed by atoms with van der Waals surface area (Å²) >= 11 is 0. The molecule has 1 radical (unpaired) electrons. The molecule has 0 heterocycles. The lowest BCUT2D eigenvalue weighted by Crippen LogP contribution is -2.37. The number of ketones is 2. The van der Waals surface area contributed by atoms with Gasteiger partial charge < -0.3 is 5.11 Å². The molecule has 0 unspecified atom stereocenters. The summed E-state index contributed by atoms with van der Waals surface area (Å²) in [6.45, 7) is 6.34. The van der Waals surface area contributed by atoms with E-state index in [0.717, 1.165) is 25.7 Å². The molecule has 1 N–H and O–H groups in total. The van der Waals surface area contributed by atoms with Crippen LogP contribution in [0.2, 0.25) is 0 Å². The van der Waals surface area contributed by atoms with Crippen molar-refractivity contribution in [2.45, 2.75) is 207 Å². The van der Waals surface area contributed by atoms with Gasteiger partial charge in [0.2, 0.25) is 0 Å². The van der Waals surface area contributed by atoms with Crippen LogP contribution in [-0.4, -0.2) is 23.3 Å². The number of rotatable bonds is 33. The van der Waals surface area contributed by atoms with E-state index in [1.165, 1.54) is 141 Å². The van der Waals surface area contributed by atoms with Gasteiger partial charge >= 0.3 is 0 Å². The van der Waals surface area contributed by atoms with Gasteiger partial charge in [0, 0.05) is 19.4 Å². The maximum Gasteiger partial charge on any atom is 0.146 e. The van der Waals surface area contributed by atoms with Crippen molar-refractivity contribution in [3.63, 3.8) is 0 Å². The Kier molecular flexibility index (Phi) is 29.3. The van der Waals surface area contributed by atoms with Gasteiger partial charge in [-0.15, -0.1) is 0 Å². The van der Waals surface area contributed by atoms with Crippen molar-refractivity contribution in [2.24, 2.45) is 5.41 Å². The van der Waals surface area contributed by atoms with Gasteiger partial charge in [-0.1, -0.05) is 168 Å². The summed E-state index contributed by atoms with van der Waals surface area (Å²) < 4.78 is 0. The number of carbonyl (C=O) groups is 2. The second kappa shape index (κ2) is 29.8. The highest BCUT2D eigenvalue weighted by atomic mass is 16.3. The number of carbonyl (C=O) groups excluding carboxylic acids is 2. The number of hydrogen-bond acceptors (Lipinski definition) is 3. The molecule has 0 aliphatic carbocycles. The molecule has 0 aromatic heterocycles. The fraction of sp³-hybridized carbons (Fsp3) is 0.919. The number of aliphatic hydroxyl groups excluding tert-OH is 1. The van der Waals surface area contributed by atoms with Crippen LogP contribution in [0.3, 0.4) is 0 Å². The molecule has 40 heavy (non-hydrogen) atoms. The number of Topliss-reactive ketones (excluding diaryl/α,β-unsaturated/α-hetero) is 2. The third kappa shape index (κ3) is 22.9.